The molecule has 0 aromatic carbocycles. The summed E-state index contributed by atoms with van der Waals surface area (Å²) in [6.07, 6.45) is -4.47. The molecule has 11 heteroatoms. The minimum atomic E-state index is -4.47. The van der Waals surface area contributed by atoms with Gasteiger partial charge >= 0.3 is 6.18 Å². The van der Waals surface area contributed by atoms with Gasteiger partial charge in [0.1, 0.15) is 11.6 Å². The van der Waals surface area contributed by atoms with Crippen LogP contribution in [0.2, 0.25) is 0 Å². The molecule has 0 aliphatic carbocycles. The highest BCUT2D eigenvalue weighted by molar-refractivity contribution is 5.95. The summed E-state index contributed by atoms with van der Waals surface area (Å²) in [6, 6.07) is -1.79. The number of alkyl halides is 3. The summed E-state index contributed by atoms with van der Waals surface area (Å²) in [4.78, 5) is 25.2. The van der Waals surface area contributed by atoms with Crippen LogP contribution in [0.5, 0.6) is 0 Å². The molecule has 1 aromatic rings. The van der Waals surface area contributed by atoms with Crippen LogP contribution in [-0.4, -0.2) is 65.9 Å². The van der Waals surface area contributed by atoms with E-state index >= 15 is 0 Å². The van der Waals surface area contributed by atoms with E-state index in [0.29, 0.717) is 24.3 Å². The Morgan fingerprint density at radius 1 is 1.32 bits per heavy atom. The summed E-state index contributed by atoms with van der Waals surface area (Å²) in [7, 11) is 0. The number of aromatic amines is 1. The fourth-order valence-corrected chi connectivity index (χ4v) is 2.62. The lowest BCUT2D eigenvalue weighted by Crippen LogP contribution is -2.57. The Hall–Kier alpha value is -1.65. The molecule has 142 valence electrons. The quantitative estimate of drug-likeness (QED) is 0.699. The maximum absolute atomic E-state index is 13.3. The van der Waals surface area contributed by atoms with E-state index < -0.39 is 30.2 Å². The predicted molar refractivity (Wildman–Crippen MR) is 88.2 cm³/mol. The van der Waals surface area contributed by atoms with Crippen LogP contribution < -0.4 is 16.2 Å². The van der Waals surface area contributed by atoms with E-state index in [-0.39, 0.29) is 31.1 Å². The van der Waals surface area contributed by atoms with E-state index in [1.54, 1.807) is 6.92 Å². The van der Waals surface area contributed by atoms with Crippen LogP contribution in [0.4, 0.5) is 13.2 Å². The molecule has 1 amide bonds. The van der Waals surface area contributed by atoms with Gasteiger partial charge in [-0.25, -0.2) is 5.10 Å². The zero-order valence-corrected chi connectivity index (χ0v) is 14.7. The summed E-state index contributed by atoms with van der Waals surface area (Å²) in [6.45, 7) is 3.93. The number of piperazine rings is 1. The first-order valence-electron chi connectivity index (χ1n) is 7.57. The van der Waals surface area contributed by atoms with Gasteiger partial charge in [0.2, 0.25) is 0 Å². The number of halogens is 4. The van der Waals surface area contributed by atoms with Gasteiger partial charge in [-0.15, -0.1) is 12.4 Å². The van der Waals surface area contributed by atoms with Crippen molar-refractivity contribution in [2.24, 2.45) is 0 Å². The molecule has 0 spiro atoms. The maximum atomic E-state index is 13.3. The van der Waals surface area contributed by atoms with Crippen LogP contribution in [0.1, 0.15) is 21.6 Å². The van der Waals surface area contributed by atoms with Gasteiger partial charge in [0, 0.05) is 32.7 Å². The summed E-state index contributed by atoms with van der Waals surface area (Å²) in [5.74, 6) is -0.830. The third-order valence-corrected chi connectivity index (χ3v) is 4.12. The van der Waals surface area contributed by atoms with Crippen LogP contribution in [0.25, 0.3) is 0 Å². The second kappa shape index (κ2) is 8.63. The molecule has 3 N–H and O–H groups in total. The van der Waals surface area contributed by atoms with Crippen molar-refractivity contribution in [3.63, 3.8) is 0 Å². The van der Waals surface area contributed by atoms with Gasteiger partial charge in [-0.1, -0.05) is 0 Å². The van der Waals surface area contributed by atoms with Crippen molar-refractivity contribution in [3.05, 3.63) is 27.2 Å². The number of carbonyl (C=O) groups is 1. The smallest absolute Gasteiger partial charge is 0.350 e. The fourth-order valence-electron chi connectivity index (χ4n) is 2.62. The minimum absolute atomic E-state index is 0. The van der Waals surface area contributed by atoms with Crippen LogP contribution in [0.15, 0.2) is 4.79 Å². The Kier molecular flexibility index (Phi) is 7.39. The highest BCUT2D eigenvalue weighted by Crippen LogP contribution is 2.24. The van der Waals surface area contributed by atoms with Gasteiger partial charge in [-0.3, -0.25) is 14.5 Å². The monoisotopic (exact) mass is 383 g/mol. The molecule has 2 heterocycles. The average molecular weight is 384 g/mol. The van der Waals surface area contributed by atoms with E-state index in [2.05, 4.69) is 20.8 Å². The molecule has 1 aliphatic rings. The molecule has 1 saturated heterocycles. The number of hydrogen-bond donors (Lipinski definition) is 3. The van der Waals surface area contributed by atoms with Crippen LogP contribution in [0, 0.1) is 13.8 Å². The number of aryl methyl sites for hydroxylation is 1. The van der Waals surface area contributed by atoms with Crippen molar-refractivity contribution in [2.45, 2.75) is 26.1 Å². The van der Waals surface area contributed by atoms with Crippen LogP contribution >= 0.6 is 12.4 Å². The molecule has 1 aromatic heterocycles. The number of hydrogen-bond acceptors (Lipinski definition) is 5. The van der Waals surface area contributed by atoms with Crippen molar-refractivity contribution >= 4 is 18.3 Å². The number of carbonyl (C=O) groups excluding carboxylic acids is 1. The van der Waals surface area contributed by atoms with Crippen molar-refractivity contribution in [1.29, 1.82) is 0 Å². The van der Waals surface area contributed by atoms with E-state index in [0.717, 1.165) is 0 Å². The molecule has 0 radical (unpaired) electrons. The number of H-pyrrole nitrogens is 1. The van der Waals surface area contributed by atoms with Crippen molar-refractivity contribution in [3.8, 4) is 0 Å². The van der Waals surface area contributed by atoms with Gasteiger partial charge in [0.25, 0.3) is 11.5 Å². The molecule has 1 aliphatic heterocycles. The van der Waals surface area contributed by atoms with Crippen molar-refractivity contribution in [1.82, 2.24) is 25.7 Å². The minimum Gasteiger partial charge on any atom is -0.350 e. The molecule has 25 heavy (non-hydrogen) atoms. The number of nitrogens with zero attached hydrogens (tertiary/aromatic N) is 2. The molecule has 1 fully saturated rings. The lowest BCUT2D eigenvalue weighted by Gasteiger charge is -2.35. The summed E-state index contributed by atoms with van der Waals surface area (Å²) in [5.41, 5.74) is -0.138. The highest BCUT2D eigenvalue weighted by Gasteiger charge is 2.43. The molecular weight excluding hydrogens is 363 g/mol. The maximum Gasteiger partial charge on any atom is 0.405 e. The SMILES string of the molecule is Cc1n[nH]c(=O)c(C(=O)NCC(N2CCNCC2)C(F)(F)F)c1C.Cl. The predicted octanol–water partition coefficient (Wildman–Crippen LogP) is 0.374. The van der Waals surface area contributed by atoms with Gasteiger partial charge in [0.15, 0.2) is 0 Å². The van der Waals surface area contributed by atoms with E-state index in [1.165, 1.54) is 11.8 Å². The van der Waals surface area contributed by atoms with E-state index in [9.17, 15) is 22.8 Å². The molecule has 1 unspecified atom stereocenters. The normalized spacial score (nSPS) is 16.8. The summed E-state index contributed by atoms with van der Waals surface area (Å²) < 4.78 is 39.9. The number of aromatic nitrogens is 2. The third kappa shape index (κ3) is 5.16. The Morgan fingerprint density at radius 2 is 1.92 bits per heavy atom. The first kappa shape index (κ1) is 21.4. The largest absolute Gasteiger partial charge is 0.405 e. The average Bonchev–Trinajstić information content (AvgIpc) is 2.51. The molecule has 2 rings (SSSR count). The molecule has 0 bridgehead atoms. The van der Waals surface area contributed by atoms with Gasteiger partial charge in [0.05, 0.1) is 5.69 Å². The zero-order chi connectivity index (χ0) is 17.9. The number of rotatable bonds is 4. The standard InChI is InChI=1S/C14H20F3N5O2.ClH/c1-8-9(2)20-21-13(24)11(8)12(23)19-7-10(14(15,16)17)22-5-3-18-4-6-22;/h10,18H,3-7H2,1-2H3,(H,19,23)(H,21,24);1H. The molecule has 0 saturated carbocycles. The molecular formula is C14H21ClF3N5O2. The zero-order valence-electron chi connectivity index (χ0n) is 13.9. The first-order chi connectivity index (χ1) is 11.2. The Bertz CT molecular complexity index is 659. The highest BCUT2D eigenvalue weighted by atomic mass is 35.5. The summed E-state index contributed by atoms with van der Waals surface area (Å²) in [5, 5.41) is 11.1. The fraction of sp³-hybridized carbons (Fsp3) is 0.643. The van der Waals surface area contributed by atoms with Gasteiger partial charge in [-0.05, 0) is 19.4 Å². The van der Waals surface area contributed by atoms with Crippen LogP contribution in [0.3, 0.4) is 0 Å². The summed E-state index contributed by atoms with van der Waals surface area (Å²) >= 11 is 0. The van der Waals surface area contributed by atoms with Gasteiger partial charge in [-0.2, -0.15) is 18.3 Å². The Morgan fingerprint density at radius 3 is 2.48 bits per heavy atom. The molecule has 1 atom stereocenters. The second-order valence-corrected chi connectivity index (χ2v) is 5.69. The first-order valence-corrected chi connectivity index (χ1v) is 7.57. The number of amides is 1. The van der Waals surface area contributed by atoms with E-state index in [1.807, 2.05) is 0 Å². The van der Waals surface area contributed by atoms with Crippen LogP contribution in [-0.2, 0) is 0 Å². The Balaban J connectivity index is 0.00000312. The van der Waals surface area contributed by atoms with Crippen molar-refractivity contribution in [2.75, 3.05) is 32.7 Å². The second-order valence-electron chi connectivity index (χ2n) is 5.69. The lowest BCUT2D eigenvalue weighted by molar-refractivity contribution is -0.183. The third-order valence-electron chi connectivity index (χ3n) is 4.12. The number of nitrogens with one attached hydrogen (secondary N) is 3. The Labute approximate surface area is 148 Å². The van der Waals surface area contributed by atoms with E-state index in [4.69, 9.17) is 0 Å². The molecule has 7 nitrogen and oxygen atoms in total. The van der Waals surface area contributed by atoms with Gasteiger partial charge < -0.3 is 10.6 Å². The van der Waals surface area contributed by atoms with Crippen molar-refractivity contribution < 1.29 is 18.0 Å². The lowest BCUT2D eigenvalue weighted by atomic mass is 10.1. The topological polar surface area (TPSA) is 90.1 Å².